The summed E-state index contributed by atoms with van der Waals surface area (Å²) in [6.45, 7) is 4.69. The van der Waals surface area contributed by atoms with E-state index < -0.39 is 0 Å². The molecule has 16 heavy (non-hydrogen) atoms. The first-order valence-electron chi connectivity index (χ1n) is 6.33. The zero-order valence-corrected chi connectivity index (χ0v) is 10.1. The van der Waals surface area contributed by atoms with Crippen LogP contribution in [0.25, 0.3) is 0 Å². The Balaban J connectivity index is 1.87. The number of nitrogens with one attached hydrogen (secondary N) is 1. The molecule has 2 heterocycles. The van der Waals surface area contributed by atoms with Gasteiger partial charge in [-0.2, -0.15) is 0 Å². The molecule has 2 rings (SSSR count). The van der Waals surface area contributed by atoms with E-state index in [9.17, 15) is 0 Å². The molecule has 2 aliphatic heterocycles. The Morgan fingerprint density at radius 1 is 1.38 bits per heavy atom. The van der Waals surface area contributed by atoms with Gasteiger partial charge in [-0.1, -0.05) is 0 Å². The van der Waals surface area contributed by atoms with Crippen molar-refractivity contribution in [3.8, 4) is 0 Å². The minimum atomic E-state index is 0.0450. The van der Waals surface area contributed by atoms with E-state index in [1.807, 2.05) is 6.92 Å². The van der Waals surface area contributed by atoms with Crippen LogP contribution < -0.4 is 5.32 Å². The molecule has 4 heteroatoms. The summed E-state index contributed by atoms with van der Waals surface area (Å²) in [6, 6.07) is 0.661. The number of rotatable bonds is 3. The summed E-state index contributed by atoms with van der Waals surface area (Å²) < 4.78 is 11.4. The van der Waals surface area contributed by atoms with E-state index in [0.717, 1.165) is 45.5 Å². The van der Waals surface area contributed by atoms with Gasteiger partial charge in [0.1, 0.15) is 0 Å². The maximum absolute atomic E-state index is 9.05. The number of aliphatic hydroxyl groups excluding tert-OH is 1. The van der Waals surface area contributed by atoms with Gasteiger partial charge in [-0.3, -0.25) is 0 Å². The second-order valence-electron chi connectivity index (χ2n) is 5.08. The van der Waals surface area contributed by atoms with E-state index in [1.54, 1.807) is 0 Å². The van der Waals surface area contributed by atoms with Crippen molar-refractivity contribution in [1.82, 2.24) is 5.32 Å². The smallest absolute Gasteiger partial charge is 0.0741 e. The maximum Gasteiger partial charge on any atom is 0.0741 e. The van der Waals surface area contributed by atoms with Gasteiger partial charge in [-0.05, 0) is 32.6 Å². The van der Waals surface area contributed by atoms with Crippen LogP contribution in [0.3, 0.4) is 0 Å². The van der Waals surface area contributed by atoms with Crippen molar-refractivity contribution in [3.05, 3.63) is 0 Å². The summed E-state index contributed by atoms with van der Waals surface area (Å²) in [5.74, 6) is 0. The van der Waals surface area contributed by atoms with Gasteiger partial charge in [-0.25, -0.2) is 0 Å². The zero-order chi connectivity index (χ0) is 11.4. The lowest BCUT2D eigenvalue weighted by atomic mass is 9.84. The fourth-order valence-corrected chi connectivity index (χ4v) is 2.72. The predicted molar refractivity (Wildman–Crippen MR) is 61.4 cm³/mol. The lowest BCUT2D eigenvalue weighted by Crippen LogP contribution is -2.51. The number of ether oxygens (including phenoxy) is 2. The van der Waals surface area contributed by atoms with Crippen LogP contribution in [0.1, 0.15) is 32.6 Å². The van der Waals surface area contributed by atoms with Crippen molar-refractivity contribution >= 4 is 0 Å². The highest BCUT2D eigenvalue weighted by Gasteiger charge is 2.39. The molecule has 4 nitrogen and oxygen atoms in total. The summed E-state index contributed by atoms with van der Waals surface area (Å²) in [5, 5.41) is 12.5. The van der Waals surface area contributed by atoms with Gasteiger partial charge in [-0.15, -0.1) is 0 Å². The molecule has 0 aromatic rings. The van der Waals surface area contributed by atoms with Gasteiger partial charge >= 0.3 is 0 Å². The summed E-state index contributed by atoms with van der Waals surface area (Å²) in [7, 11) is 0. The molecule has 0 radical (unpaired) electrons. The lowest BCUT2D eigenvalue weighted by molar-refractivity contribution is -0.141. The van der Waals surface area contributed by atoms with E-state index in [-0.39, 0.29) is 18.2 Å². The summed E-state index contributed by atoms with van der Waals surface area (Å²) in [4.78, 5) is 0. The minimum absolute atomic E-state index is 0.0450. The molecule has 0 aliphatic carbocycles. The van der Waals surface area contributed by atoms with Crippen LogP contribution in [0.5, 0.6) is 0 Å². The standard InChI is InChI=1S/C12H23NO3/c1-10(9-14)13-11-2-5-16-12(8-11)3-6-15-7-4-12/h10-11,13-14H,2-9H2,1H3. The molecule has 1 spiro atoms. The molecule has 0 saturated carbocycles. The van der Waals surface area contributed by atoms with Gasteiger partial charge in [0.25, 0.3) is 0 Å². The Labute approximate surface area is 97.3 Å². The largest absolute Gasteiger partial charge is 0.395 e. The molecule has 0 amide bonds. The molecular weight excluding hydrogens is 206 g/mol. The fraction of sp³-hybridized carbons (Fsp3) is 1.00. The van der Waals surface area contributed by atoms with Crippen molar-refractivity contribution < 1.29 is 14.6 Å². The molecule has 2 fully saturated rings. The van der Waals surface area contributed by atoms with Crippen molar-refractivity contribution in [1.29, 1.82) is 0 Å². The molecule has 0 aromatic carbocycles. The first-order chi connectivity index (χ1) is 7.74. The Morgan fingerprint density at radius 3 is 2.81 bits per heavy atom. The molecule has 2 atom stereocenters. The Bertz CT molecular complexity index is 211. The van der Waals surface area contributed by atoms with E-state index in [4.69, 9.17) is 14.6 Å². The molecule has 2 unspecified atom stereocenters. The first-order valence-corrected chi connectivity index (χ1v) is 6.33. The molecule has 2 saturated heterocycles. The minimum Gasteiger partial charge on any atom is -0.395 e. The van der Waals surface area contributed by atoms with Crippen LogP contribution in [0.2, 0.25) is 0 Å². The lowest BCUT2D eigenvalue weighted by Gasteiger charge is -2.44. The normalized spacial score (nSPS) is 31.5. The third kappa shape index (κ3) is 2.94. The number of aliphatic hydroxyl groups is 1. The quantitative estimate of drug-likeness (QED) is 0.747. The third-order valence-electron chi connectivity index (χ3n) is 3.69. The fourth-order valence-electron chi connectivity index (χ4n) is 2.72. The average molecular weight is 229 g/mol. The zero-order valence-electron chi connectivity index (χ0n) is 10.1. The van der Waals surface area contributed by atoms with E-state index in [2.05, 4.69) is 5.32 Å². The molecule has 2 N–H and O–H groups in total. The van der Waals surface area contributed by atoms with Crippen molar-refractivity contribution in [3.63, 3.8) is 0 Å². The predicted octanol–water partition coefficient (Wildman–Crippen LogP) is 0.685. The molecule has 0 aromatic heterocycles. The summed E-state index contributed by atoms with van der Waals surface area (Å²) in [5.41, 5.74) is 0.0450. The molecule has 0 bridgehead atoms. The second-order valence-corrected chi connectivity index (χ2v) is 5.08. The topological polar surface area (TPSA) is 50.7 Å². The van der Waals surface area contributed by atoms with Crippen LogP contribution in [0, 0.1) is 0 Å². The highest BCUT2D eigenvalue weighted by Crippen LogP contribution is 2.34. The maximum atomic E-state index is 9.05. The van der Waals surface area contributed by atoms with Crippen LogP contribution >= 0.6 is 0 Å². The Hall–Kier alpha value is -0.160. The van der Waals surface area contributed by atoms with Crippen LogP contribution in [-0.4, -0.2) is 49.2 Å². The van der Waals surface area contributed by atoms with E-state index in [1.165, 1.54) is 0 Å². The van der Waals surface area contributed by atoms with Crippen LogP contribution in [0.15, 0.2) is 0 Å². The van der Waals surface area contributed by atoms with Crippen LogP contribution in [-0.2, 0) is 9.47 Å². The van der Waals surface area contributed by atoms with E-state index >= 15 is 0 Å². The molecule has 2 aliphatic rings. The SMILES string of the molecule is CC(CO)NC1CCOC2(CCOCC2)C1. The van der Waals surface area contributed by atoms with Gasteiger partial charge in [0.15, 0.2) is 0 Å². The van der Waals surface area contributed by atoms with Crippen molar-refractivity contribution in [2.75, 3.05) is 26.4 Å². The van der Waals surface area contributed by atoms with Crippen LogP contribution in [0.4, 0.5) is 0 Å². The Kier molecular flexibility index (Phi) is 4.19. The monoisotopic (exact) mass is 229 g/mol. The Morgan fingerprint density at radius 2 is 2.12 bits per heavy atom. The summed E-state index contributed by atoms with van der Waals surface area (Å²) in [6.07, 6.45) is 4.13. The van der Waals surface area contributed by atoms with Crippen molar-refractivity contribution in [2.24, 2.45) is 0 Å². The van der Waals surface area contributed by atoms with Gasteiger partial charge in [0.05, 0.1) is 12.2 Å². The highest BCUT2D eigenvalue weighted by molar-refractivity contribution is 4.92. The second kappa shape index (κ2) is 5.45. The van der Waals surface area contributed by atoms with Crippen molar-refractivity contribution in [2.45, 2.75) is 50.3 Å². The average Bonchev–Trinajstić information content (AvgIpc) is 2.30. The molecular formula is C12H23NO3. The van der Waals surface area contributed by atoms with Gasteiger partial charge < -0.3 is 19.9 Å². The summed E-state index contributed by atoms with van der Waals surface area (Å²) >= 11 is 0. The number of hydrogen-bond acceptors (Lipinski definition) is 4. The van der Waals surface area contributed by atoms with Gasteiger partial charge in [0, 0.05) is 31.9 Å². The highest BCUT2D eigenvalue weighted by atomic mass is 16.5. The molecule has 94 valence electrons. The first kappa shape index (κ1) is 12.3. The van der Waals surface area contributed by atoms with E-state index in [0.29, 0.717) is 6.04 Å². The van der Waals surface area contributed by atoms with Gasteiger partial charge in [0.2, 0.25) is 0 Å². The third-order valence-corrected chi connectivity index (χ3v) is 3.69. The number of hydrogen-bond donors (Lipinski definition) is 2.